The van der Waals surface area contributed by atoms with Crippen molar-refractivity contribution in [2.24, 2.45) is 0 Å². The molecule has 21 heavy (non-hydrogen) atoms. The Labute approximate surface area is 128 Å². The van der Waals surface area contributed by atoms with E-state index in [1.165, 1.54) is 5.56 Å². The molecule has 2 N–H and O–H groups in total. The van der Waals surface area contributed by atoms with Crippen molar-refractivity contribution in [1.29, 1.82) is 0 Å². The van der Waals surface area contributed by atoms with E-state index >= 15 is 0 Å². The van der Waals surface area contributed by atoms with Gasteiger partial charge in [-0.15, -0.1) is 11.3 Å². The van der Waals surface area contributed by atoms with Crippen LogP contribution < -0.4 is 5.32 Å². The Morgan fingerprint density at radius 3 is 3.00 bits per heavy atom. The smallest absolute Gasteiger partial charge is 0.217 e. The first kappa shape index (κ1) is 14.3. The summed E-state index contributed by atoms with van der Waals surface area (Å²) in [7, 11) is 0. The monoisotopic (exact) mass is 301 g/mol. The van der Waals surface area contributed by atoms with Gasteiger partial charge in [-0.2, -0.15) is 0 Å². The van der Waals surface area contributed by atoms with Crippen molar-refractivity contribution in [3.63, 3.8) is 0 Å². The standard InChI is InChI=1S/C17H19NO2S/c1-11(19)18-15-5-2-4-12-7-8-13(10-14(12)15)17(20)16-6-3-9-21-16/h3,6-10,15,17,20H,2,4-5H2,1H3,(H,18,19). The summed E-state index contributed by atoms with van der Waals surface area (Å²) in [6.45, 7) is 1.55. The predicted octanol–water partition coefficient (Wildman–Crippen LogP) is 3.34. The van der Waals surface area contributed by atoms with E-state index in [1.54, 1.807) is 18.3 Å². The average molecular weight is 301 g/mol. The van der Waals surface area contributed by atoms with Crippen LogP contribution in [-0.2, 0) is 11.2 Å². The number of benzene rings is 1. The number of rotatable bonds is 3. The number of carbonyl (C=O) groups is 1. The second-order valence-electron chi connectivity index (χ2n) is 5.52. The number of hydrogen-bond donors (Lipinski definition) is 2. The number of nitrogens with one attached hydrogen (secondary N) is 1. The van der Waals surface area contributed by atoms with Gasteiger partial charge in [0.2, 0.25) is 5.91 Å². The highest BCUT2D eigenvalue weighted by Crippen LogP contribution is 2.34. The fourth-order valence-electron chi connectivity index (χ4n) is 2.99. The van der Waals surface area contributed by atoms with E-state index in [-0.39, 0.29) is 11.9 Å². The highest BCUT2D eigenvalue weighted by atomic mass is 32.1. The lowest BCUT2D eigenvalue weighted by Crippen LogP contribution is -2.29. The summed E-state index contributed by atoms with van der Waals surface area (Å²) >= 11 is 1.55. The molecule has 3 nitrogen and oxygen atoms in total. The van der Waals surface area contributed by atoms with Crippen molar-refractivity contribution < 1.29 is 9.90 Å². The van der Waals surface area contributed by atoms with Crippen LogP contribution >= 0.6 is 11.3 Å². The van der Waals surface area contributed by atoms with E-state index in [0.29, 0.717) is 0 Å². The van der Waals surface area contributed by atoms with Gasteiger partial charge in [-0.05, 0) is 47.4 Å². The van der Waals surface area contributed by atoms with Gasteiger partial charge in [0.15, 0.2) is 0 Å². The third-order valence-corrected chi connectivity index (χ3v) is 4.91. The van der Waals surface area contributed by atoms with E-state index in [1.807, 2.05) is 23.6 Å². The first-order valence-electron chi connectivity index (χ1n) is 7.26. The zero-order valence-corrected chi connectivity index (χ0v) is 12.8. The van der Waals surface area contributed by atoms with E-state index in [9.17, 15) is 9.90 Å². The Morgan fingerprint density at radius 2 is 2.29 bits per heavy atom. The predicted molar refractivity (Wildman–Crippen MR) is 84.3 cm³/mol. The molecule has 0 radical (unpaired) electrons. The third kappa shape index (κ3) is 3.01. The van der Waals surface area contributed by atoms with Crippen LogP contribution in [0.2, 0.25) is 0 Å². The molecule has 2 aromatic rings. The second-order valence-corrected chi connectivity index (χ2v) is 6.50. The molecule has 1 aromatic heterocycles. The van der Waals surface area contributed by atoms with Crippen molar-refractivity contribution in [1.82, 2.24) is 5.32 Å². The van der Waals surface area contributed by atoms with Gasteiger partial charge in [0, 0.05) is 11.8 Å². The molecular weight excluding hydrogens is 282 g/mol. The number of amides is 1. The first-order chi connectivity index (χ1) is 10.1. The molecule has 1 aromatic carbocycles. The normalized spacial score (nSPS) is 18.9. The van der Waals surface area contributed by atoms with Crippen LogP contribution in [0.3, 0.4) is 0 Å². The summed E-state index contributed by atoms with van der Waals surface area (Å²) in [6.07, 6.45) is 2.51. The quantitative estimate of drug-likeness (QED) is 0.913. The van der Waals surface area contributed by atoms with E-state index in [0.717, 1.165) is 35.3 Å². The molecule has 1 aliphatic rings. The number of carbonyl (C=O) groups excluding carboxylic acids is 1. The minimum atomic E-state index is -0.588. The Balaban J connectivity index is 1.93. The van der Waals surface area contributed by atoms with Gasteiger partial charge in [0.25, 0.3) is 0 Å². The van der Waals surface area contributed by atoms with Crippen LogP contribution in [0.15, 0.2) is 35.7 Å². The van der Waals surface area contributed by atoms with Crippen LogP contribution in [0.4, 0.5) is 0 Å². The van der Waals surface area contributed by atoms with Gasteiger partial charge < -0.3 is 10.4 Å². The van der Waals surface area contributed by atoms with E-state index in [4.69, 9.17) is 0 Å². The van der Waals surface area contributed by atoms with Crippen LogP contribution in [0.5, 0.6) is 0 Å². The maximum atomic E-state index is 11.4. The molecule has 1 aliphatic carbocycles. The zero-order valence-electron chi connectivity index (χ0n) is 12.0. The van der Waals surface area contributed by atoms with Crippen LogP contribution in [0.1, 0.15) is 53.5 Å². The molecule has 110 valence electrons. The Hall–Kier alpha value is -1.65. The number of aliphatic hydroxyl groups is 1. The number of fused-ring (bicyclic) bond motifs is 1. The molecular formula is C17H19NO2S. The van der Waals surface area contributed by atoms with Crippen molar-refractivity contribution in [2.75, 3.05) is 0 Å². The lowest BCUT2D eigenvalue weighted by molar-refractivity contribution is -0.119. The first-order valence-corrected chi connectivity index (χ1v) is 8.14. The second kappa shape index (κ2) is 6.00. The summed E-state index contributed by atoms with van der Waals surface area (Å²) in [4.78, 5) is 12.3. The molecule has 0 fully saturated rings. The largest absolute Gasteiger partial charge is 0.383 e. The topological polar surface area (TPSA) is 49.3 Å². The SMILES string of the molecule is CC(=O)NC1CCCc2ccc(C(O)c3cccs3)cc21. The summed E-state index contributed by atoms with van der Waals surface area (Å²) in [5.74, 6) is -0.00272. The Kier molecular flexibility index (Phi) is 4.08. The summed E-state index contributed by atoms with van der Waals surface area (Å²) < 4.78 is 0. The molecule has 0 aliphatic heterocycles. The van der Waals surface area contributed by atoms with Gasteiger partial charge in [-0.3, -0.25) is 4.79 Å². The minimum absolute atomic E-state index is 0.00272. The molecule has 3 rings (SSSR count). The van der Waals surface area contributed by atoms with Crippen molar-refractivity contribution in [2.45, 2.75) is 38.3 Å². The molecule has 0 spiro atoms. The van der Waals surface area contributed by atoms with Crippen LogP contribution in [0, 0.1) is 0 Å². The lowest BCUT2D eigenvalue weighted by Gasteiger charge is -2.27. The average Bonchev–Trinajstić information content (AvgIpc) is 3.00. The summed E-state index contributed by atoms with van der Waals surface area (Å²) in [5, 5.41) is 15.5. The Morgan fingerprint density at radius 1 is 1.43 bits per heavy atom. The van der Waals surface area contributed by atoms with Crippen LogP contribution in [0.25, 0.3) is 0 Å². The third-order valence-electron chi connectivity index (χ3n) is 3.99. The molecule has 0 bridgehead atoms. The van der Waals surface area contributed by atoms with Gasteiger partial charge in [-0.1, -0.05) is 24.3 Å². The van der Waals surface area contributed by atoms with E-state index < -0.39 is 6.10 Å². The number of aliphatic hydroxyl groups excluding tert-OH is 1. The molecule has 2 atom stereocenters. The number of hydrogen-bond acceptors (Lipinski definition) is 3. The molecule has 1 amide bonds. The van der Waals surface area contributed by atoms with Crippen molar-refractivity contribution in [3.05, 3.63) is 57.3 Å². The maximum Gasteiger partial charge on any atom is 0.217 e. The maximum absolute atomic E-state index is 11.4. The summed E-state index contributed by atoms with van der Waals surface area (Å²) in [6, 6.07) is 10.1. The Bertz CT molecular complexity index is 636. The van der Waals surface area contributed by atoms with Gasteiger partial charge in [0.1, 0.15) is 6.10 Å². The molecule has 1 heterocycles. The fourth-order valence-corrected chi connectivity index (χ4v) is 3.73. The lowest BCUT2D eigenvalue weighted by atomic mass is 9.85. The fraction of sp³-hybridized carbons (Fsp3) is 0.353. The number of aryl methyl sites for hydroxylation is 1. The molecule has 2 unspecified atom stereocenters. The molecule has 0 saturated carbocycles. The highest BCUT2D eigenvalue weighted by Gasteiger charge is 2.22. The van der Waals surface area contributed by atoms with E-state index in [2.05, 4.69) is 17.4 Å². The zero-order chi connectivity index (χ0) is 14.8. The van der Waals surface area contributed by atoms with Gasteiger partial charge >= 0.3 is 0 Å². The summed E-state index contributed by atoms with van der Waals surface area (Å²) in [5.41, 5.74) is 3.33. The minimum Gasteiger partial charge on any atom is -0.383 e. The molecule has 4 heteroatoms. The van der Waals surface area contributed by atoms with Crippen molar-refractivity contribution in [3.8, 4) is 0 Å². The molecule has 0 saturated heterocycles. The van der Waals surface area contributed by atoms with Gasteiger partial charge in [0.05, 0.1) is 6.04 Å². The number of thiophene rings is 1. The van der Waals surface area contributed by atoms with Crippen LogP contribution in [-0.4, -0.2) is 11.0 Å². The highest BCUT2D eigenvalue weighted by molar-refractivity contribution is 7.10. The van der Waals surface area contributed by atoms with Crippen molar-refractivity contribution >= 4 is 17.2 Å². The van der Waals surface area contributed by atoms with Gasteiger partial charge in [-0.25, -0.2) is 0 Å².